The molecule has 0 saturated carbocycles. The molecule has 0 saturated heterocycles. The molecule has 0 fully saturated rings. The van der Waals surface area contributed by atoms with Crippen LogP contribution in [0.25, 0.3) is 0 Å². The fourth-order valence-electron chi connectivity index (χ4n) is 4.21. The zero-order valence-electron chi connectivity index (χ0n) is 23.8. The summed E-state index contributed by atoms with van der Waals surface area (Å²) in [4.78, 5) is 53.5. The minimum atomic E-state index is -1.28. The average Bonchev–Trinajstić information content (AvgIpc) is 2.73. The van der Waals surface area contributed by atoms with Crippen molar-refractivity contribution < 1.29 is 23.9 Å². The van der Waals surface area contributed by atoms with Gasteiger partial charge in [0.15, 0.2) is 0 Å². The summed E-state index contributed by atoms with van der Waals surface area (Å²) in [6.07, 6.45) is 1.82. The molecule has 0 aliphatic rings. The Kier molecular flexibility index (Phi) is 12.6. The van der Waals surface area contributed by atoms with E-state index in [0.717, 1.165) is 30.4 Å². The quantitative estimate of drug-likeness (QED) is 0.363. The highest BCUT2D eigenvalue weighted by atomic mass is 16.6. The molecule has 4 amide bonds. The molecular formula is C28H46N4O5. The predicted molar refractivity (Wildman–Crippen MR) is 145 cm³/mol. The van der Waals surface area contributed by atoms with Gasteiger partial charge in [-0.05, 0) is 59.9 Å². The van der Waals surface area contributed by atoms with Crippen LogP contribution >= 0.6 is 0 Å². The smallest absolute Gasteiger partial charge is 0.408 e. The number of nitrogens with zero attached hydrogens (tertiary/aromatic N) is 1. The minimum Gasteiger partial charge on any atom is -0.444 e. The number of primary amides is 1. The minimum absolute atomic E-state index is 0.0876. The highest BCUT2D eigenvalue weighted by molar-refractivity contribution is 5.94. The first-order valence-electron chi connectivity index (χ1n) is 13.1. The summed E-state index contributed by atoms with van der Waals surface area (Å²) in [7, 11) is 0. The van der Waals surface area contributed by atoms with Gasteiger partial charge in [-0.2, -0.15) is 0 Å². The Balaban J connectivity index is 3.55. The van der Waals surface area contributed by atoms with Gasteiger partial charge in [0.1, 0.15) is 17.7 Å². The molecular weight excluding hydrogens is 472 g/mol. The van der Waals surface area contributed by atoms with Crippen LogP contribution in [0, 0.1) is 13.8 Å². The Bertz CT molecular complexity index is 921. The molecule has 0 bridgehead atoms. The molecule has 3 atom stereocenters. The molecule has 0 radical (unpaired) electrons. The highest BCUT2D eigenvalue weighted by Crippen LogP contribution is 2.26. The number of benzene rings is 1. The Labute approximate surface area is 221 Å². The third-order valence-corrected chi connectivity index (χ3v) is 5.66. The Morgan fingerprint density at radius 2 is 1.59 bits per heavy atom. The van der Waals surface area contributed by atoms with Crippen LogP contribution in [0.5, 0.6) is 0 Å². The number of nitrogens with two attached hydrogens (primary N) is 1. The van der Waals surface area contributed by atoms with Gasteiger partial charge < -0.3 is 26.0 Å². The average molecular weight is 519 g/mol. The number of hydrogen-bond acceptors (Lipinski definition) is 5. The van der Waals surface area contributed by atoms with Gasteiger partial charge in [-0.3, -0.25) is 14.4 Å². The number of ether oxygens (including phenoxy) is 1. The topological polar surface area (TPSA) is 131 Å². The molecule has 0 aromatic heterocycles. The zero-order chi connectivity index (χ0) is 28.3. The molecule has 4 N–H and O–H groups in total. The molecule has 0 aliphatic heterocycles. The molecule has 0 aliphatic carbocycles. The zero-order valence-corrected chi connectivity index (χ0v) is 23.8. The van der Waals surface area contributed by atoms with Crippen molar-refractivity contribution in [2.45, 2.75) is 111 Å². The number of hydrogen-bond donors (Lipinski definition) is 3. The van der Waals surface area contributed by atoms with Crippen LogP contribution in [0.15, 0.2) is 18.2 Å². The summed E-state index contributed by atoms with van der Waals surface area (Å²) in [5.41, 5.74) is 7.21. The molecule has 9 heteroatoms. The van der Waals surface area contributed by atoms with E-state index in [0.29, 0.717) is 12.0 Å². The van der Waals surface area contributed by atoms with Gasteiger partial charge in [0.05, 0.1) is 6.42 Å². The van der Waals surface area contributed by atoms with Crippen LogP contribution in [-0.4, -0.2) is 52.9 Å². The largest absolute Gasteiger partial charge is 0.444 e. The summed E-state index contributed by atoms with van der Waals surface area (Å²) in [6, 6.07) is 3.45. The van der Waals surface area contributed by atoms with E-state index in [9.17, 15) is 19.2 Å². The molecule has 0 spiro atoms. The van der Waals surface area contributed by atoms with Crippen molar-refractivity contribution in [3.8, 4) is 0 Å². The number of aryl methyl sites for hydroxylation is 2. The first-order chi connectivity index (χ1) is 17.2. The lowest BCUT2D eigenvalue weighted by Crippen LogP contribution is -2.54. The highest BCUT2D eigenvalue weighted by Gasteiger charge is 2.37. The van der Waals surface area contributed by atoms with E-state index in [1.807, 2.05) is 52.8 Å². The van der Waals surface area contributed by atoms with Crippen LogP contribution in [0.1, 0.15) is 96.4 Å². The van der Waals surface area contributed by atoms with Gasteiger partial charge in [0.2, 0.25) is 17.7 Å². The number of alkyl carbamates (subject to hydrolysis) is 1. The van der Waals surface area contributed by atoms with Gasteiger partial charge in [-0.25, -0.2) is 4.79 Å². The third-order valence-electron chi connectivity index (χ3n) is 5.66. The maximum Gasteiger partial charge on any atom is 0.408 e. The monoisotopic (exact) mass is 518 g/mol. The Hall–Kier alpha value is -3.10. The number of carbonyl (C=O) groups excluding carboxylic acids is 4. The second kappa shape index (κ2) is 14.6. The summed E-state index contributed by atoms with van der Waals surface area (Å²) in [5, 5.41) is 5.55. The van der Waals surface area contributed by atoms with Crippen LogP contribution in [0.4, 0.5) is 4.79 Å². The van der Waals surface area contributed by atoms with Crippen LogP contribution in [0.3, 0.4) is 0 Å². The number of unbranched alkanes of at least 4 members (excludes halogenated alkanes) is 1. The van der Waals surface area contributed by atoms with Crippen molar-refractivity contribution in [2.24, 2.45) is 5.73 Å². The van der Waals surface area contributed by atoms with Crippen LogP contribution in [-0.2, 0) is 19.1 Å². The van der Waals surface area contributed by atoms with E-state index in [1.165, 1.54) is 4.90 Å². The summed E-state index contributed by atoms with van der Waals surface area (Å²) in [5.74, 6) is -1.64. The lowest BCUT2D eigenvalue weighted by atomic mass is 9.97. The van der Waals surface area contributed by atoms with Crippen molar-refractivity contribution in [1.29, 1.82) is 0 Å². The van der Waals surface area contributed by atoms with Gasteiger partial charge in [-0.1, -0.05) is 56.0 Å². The fraction of sp³-hybridized carbons (Fsp3) is 0.643. The lowest BCUT2D eigenvalue weighted by Gasteiger charge is -2.35. The molecule has 1 aromatic rings. The van der Waals surface area contributed by atoms with E-state index in [2.05, 4.69) is 10.6 Å². The second-order valence-corrected chi connectivity index (χ2v) is 10.8. The first-order valence-corrected chi connectivity index (χ1v) is 13.1. The summed E-state index contributed by atoms with van der Waals surface area (Å²) >= 11 is 0. The third kappa shape index (κ3) is 11.2. The Morgan fingerprint density at radius 1 is 1.00 bits per heavy atom. The SMILES string of the molecule is CCCCN(C(=O)C(CC(N)=O)NC(=O)OC(C)(C)C)C(C(=O)NC(C)CCC)c1cc(C)cc(C)c1. The molecule has 37 heavy (non-hydrogen) atoms. The van der Waals surface area contributed by atoms with Crippen molar-refractivity contribution in [3.05, 3.63) is 34.9 Å². The van der Waals surface area contributed by atoms with Crippen molar-refractivity contribution in [1.82, 2.24) is 15.5 Å². The number of rotatable bonds is 13. The fourth-order valence-corrected chi connectivity index (χ4v) is 4.21. The van der Waals surface area contributed by atoms with Crippen molar-refractivity contribution in [2.75, 3.05) is 6.54 Å². The van der Waals surface area contributed by atoms with E-state index >= 15 is 0 Å². The summed E-state index contributed by atoms with van der Waals surface area (Å²) in [6.45, 7) is 15.2. The Morgan fingerprint density at radius 3 is 2.08 bits per heavy atom. The predicted octanol–water partition coefficient (Wildman–Crippen LogP) is 4.05. The maximum atomic E-state index is 14.0. The second-order valence-electron chi connectivity index (χ2n) is 10.8. The standard InChI is InChI=1S/C28H46N4O5/c1-9-11-13-32(26(35)22(17-23(29)33)31-27(36)37-28(6,7)8)24(25(34)30-20(5)12-10-2)21-15-18(3)14-19(4)16-21/h14-16,20,22,24H,9-13,17H2,1-8H3,(H2,29,33)(H,30,34)(H,31,36). The molecule has 0 heterocycles. The summed E-state index contributed by atoms with van der Waals surface area (Å²) < 4.78 is 5.31. The van der Waals surface area contributed by atoms with E-state index in [1.54, 1.807) is 20.8 Å². The molecule has 3 unspecified atom stereocenters. The van der Waals surface area contributed by atoms with Crippen LogP contribution < -0.4 is 16.4 Å². The van der Waals surface area contributed by atoms with Crippen LogP contribution in [0.2, 0.25) is 0 Å². The maximum absolute atomic E-state index is 14.0. The van der Waals surface area contributed by atoms with Crippen molar-refractivity contribution in [3.63, 3.8) is 0 Å². The van der Waals surface area contributed by atoms with Gasteiger partial charge >= 0.3 is 6.09 Å². The molecule has 9 nitrogen and oxygen atoms in total. The number of carbonyl (C=O) groups is 4. The van der Waals surface area contributed by atoms with Gasteiger partial charge in [0, 0.05) is 12.6 Å². The first kappa shape index (κ1) is 31.9. The van der Waals surface area contributed by atoms with E-state index in [-0.39, 0.29) is 18.5 Å². The molecule has 208 valence electrons. The van der Waals surface area contributed by atoms with Crippen molar-refractivity contribution >= 4 is 23.8 Å². The van der Waals surface area contributed by atoms with Gasteiger partial charge in [0.25, 0.3) is 0 Å². The molecule has 1 aromatic carbocycles. The normalized spacial score (nSPS) is 13.7. The van der Waals surface area contributed by atoms with E-state index in [4.69, 9.17) is 10.5 Å². The molecule has 1 rings (SSSR count). The number of nitrogens with one attached hydrogen (secondary N) is 2. The lowest BCUT2D eigenvalue weighted by molar-refractivity contribution is -0.143. The number of amides is 4. The van der Waals surface area contributed by atoms with E-state index < -0.39 is 42.0 Å². The van der Waals surface area contributed by atoms with Gasteiger partial charge in [-0.15, -0.1) is 0 Å².